The zero-order valence-electron chi connectivity index (χ0n) is 18.2. The molecule has 2 aromatic rings. The first-order valence-corrected chi connectivity index (χ1v) is 11.0. The third-order valence-corrected chi connectivity index (χ3v) is 4.94. The van der Waals surface area contributed by atoms with E-state index in [1.54, 1.807) is 12.4 Å². The lowest BCUT2D eigenvalue weighted by molar-refractivity contribution is -0.139. The Balaban J connectivity index is 1.82. The minimum absolute atomic E-state index is 0.465. The van der Waals surface area contributed by atoms with E-state index in [0.717, 1.165) is 62.9 Å². The predicted octanol–water partition coefficient (Wildman–Crippen LogP) is 5.48. The molecule has 0 saturated carbocycles. The van der Waals surface area contributed by atoms with Gasteiger partial charge in [0.2, 0.25) is 0 Å². The summed E-state index contributed by atoms with van der Waals surface area (Å²) in [5, 5.41) is 9.48. The molecule has 1 aromatic heterocycles. The molecule has 1 unspecified atom stereocenters. The van der Waals surface area contributed by atoms with Crippen molar-refractivity contribution in [1.29, 1.82) is 0 Å². The second-order valence-electron chi connectivity index (χ2n) is 7.42. The van der Waals surface area contributed by atoms with E-state index in [1.165, 1.54) is 0 Å². The van der Waals surface area contributed by atoms with E-state index < -0.39 is 11.9 Å². The molecule has 1 heterocycles. The van der Waals surface area contributed by atoms with Gasteiger partial charge in [0.15, 0.2) is 11.6 Å². The van der Waals surface area contributed by atoms with Crippen molar-refractivity contribution in [2.75, 3.05) is 19.8 Å². The van der Waals surface area contributed by atoms with Crippen LogP contribution in [0.1, 0.15) is 70.3 Å². The first kappa shape index (κ1) is 23.8. The summed E-state index contributed by atoms with van der Waals surface area (Å²) >= 11 is 0. The maximum Gasteiger partial charge on any atom is 0.310 e. The van der Waals surface area contributed by atoms with Crippen molar-refractivity contribution in [3.8, 4) is 17.1 Å². The van der Waals surface area contributed by atoms with Gasteiger partial charge in [0.05, 0.1) is 24.9 Å². The van der Waals surface area contributed by atoms with Crippen LogP contribution in [0.15, 0.2) is 36.7 Å². The number of aromatic nitrogens is 2. The van der Waals surface area contributed by atoms with Gasteiger partial charge in [0, 0.05) is 18.8 Å². The molecule has 0 spiro atoms. The van der Waals surface area contributed by atoms with Gasteiger partial charge in [-0.15, -0.1) is 0 Å². The van der Waals surface area contributed by atoms with Crippen molar-refractivity contribution in [2.24, 2.45) is 0 Å². The van der Waals surface area contributed by atoms with Crippen molar-refractivity contribution in [2.45, 2.75) is 64.7 Å². The molecule has 0 saturated heterocycles. The Kier molecular flexibility index (Phi) is 10.9. The van der Waals surface area contributed by atoms with E-state index in [9.17, 15) is 9.90 Å². The third-order valence-electron chi connectivity index (χ3n) is 4.94. The Bertz CT molecular complexity index is 732. The Morgan fingerprint density at radius 3 is 2.20 bits per heavy atom. The third kappa shape index (κ3) is 8.11. The van der Waals surface area contributed by atoms with Crippen molar-refractivity contribution >= 4 is 5.97 Å². The molecule has 0 fully saturated rings. The number of aliphatic carboxylic acids is 1. The number of carboxylic acid groups (broad SMARTS) is 1. The Morgan fingerprint density at radius 1 is 0.933 bits per heavy atom. The van der Waals surface area contributed by atoms with Gasteiger partial charge in [-0.3, -0.25) is 4.79 Å². The molecule has 0 amide bonds. The van der Waals surface area contributed by atoms with Crippen LogP contribution >= 0.6 is 0 Å². The fourth-order valence-corrected chi connectivity index (χ4v) is 3.09. The van der Waals surface area contributed by atoms with Gasteiger partial charge in [-0.2, -0.15) is 0 Å². The van der Waals surface area contributed by atoms with Crippen molar-refractivity contribution < 1.29 is 19.4 Å². The second kappa shape index (κ2) is 13.7. The molecule has 0 bridgehead atoms. The van der Waals surface area contributed by atoms with Crippen LogP contribution in [0.3, 0.4) is 0 Å². The smallest absolute Gasteiger partial charge is 0.310 e. The summed E-state index contributed by atoms with van der Waals surface area (Å²) in [6.07, 6.45) is 10.1. The van der Waals surface area contributed by atoms with Gasteiger partial charge in [0.1, 0.15) is 0 Å². The summed E-state index contributed by atoms with van der Waals surface area (Å²) in [5.41, 5.74) is 1.67. The lowest BCUT2D eigenvalue weighted by Crippen LogP contribution is -2.11. The quantitative estimate of drug-likeness (QED) is 0.389. The van der Waals surface area contributed by atoms with Crippen molar-refractivity contribution in [3.05, 3.63) is 42.2 Å². The van der Waals surface area contributed by atoms with Gasteiger partial charge in [-0.05, 0) is 31.2 Å². The molecule has 0 aliphatic carbocycles. The van der Waals surface area contributed by atoms with Crippen LogP contribution < -0.4 is 4.74 Å². The number of rotatable bonds is 15. The highest BCUT2D eigenvalue weighted by molar-refractivity contribution is 5.76. The number of ether oxygens (including phenoxy) is 2. The molecule has 0 aliphatic rings. The van der Waals surface area contributed by atoms with E-state index in [0.29, 0.717) is 24.6 Å². The molecule has 1 N–H and O–H groups in total. The zero-order valence-corrected chi connectivity index (χ0v) is 18.2. The highest BCUT2D eigenvalue weighted by Crippen LogP contribution is 2.25. The molecule has 164 valence electrons. The molecule has 6 heteroatoms. The molecular formula is C24H34N2O4. The van der Waals surface area contributed by atoms with Crippen LogP contribution in [0.5, 0.6) is 5.75 Å². The maximum absolute atomic E-state index is 11.5. The van der Waals surface area contributed by atoms with Gasteiger partial charge in [0.25, 0.3) is 0 Å². The fraction of sp³-hybridized carbons (Fsp3) is 0.542. The van der Waals surface area contributed by atoms with Crippen LogP contribution in [0.2, 0.25) is 0 Å². The molecule has 6 nitrogen and oxygen atoms in total. The molecule has 2 rings (SSSR count). The minimum Gasteiger partial charge on any atom is -0.490 e. The number of carboxylic acids is 1. The van der Waals surface area contributed by atoms with Gasteiger partial charge in [-0.1, -0.05) is 57.4 Å². The zero-order chi connectivity index (χ0) is 21.6. The summed E-state index contributed by atoms with van der Waals surface area (Å²) in [7, 11) is 0. The SMILES string of the molecule is CCCCOCCCCOc1cnc(-c2ccc(C(CCCC)C(=O)O)cc2)nc1. The van der Waals surface area contributed by atoms with Gasteiger partial charge < -0.3 is 14.6 Å². The molecule has 1 aromatic carbocycles. The van der Waals surface area contributed by atoms with Crippen molar-refractivity contribution in [3.63, 3.8) is 0 Å². The summed E-state index contributed by atoms with van der Waals surface area (Å²) in [6, 6.07) is 7.48. The summed E-state index contributed by atoms with van der Waals surface area (Å²) in [6.45, 7) is 6.45. The predicted molar refractivity (Wildman–Crippen MR) is 118 cm³/mol. The Hall–Kier alpha value is -2.47. The number of hydrogen-bond acceptors (Lipinski definition) is 5. The normalized spacial score (nSPS) is 11.9. The lowest BCUT2D eigenvalue weighted by atomic mass is 9.93. The molecule has 30 heavy (non-hydrogen) atoms. The summed E-state index contributed by atoms with van der Waals surface area (Å²) in [4.78, 5) is 20.3. The topological polar surface area (TPSA) is 81.5 Å². The first-order valence-electron chi connectivity index (χ1n) is 11.0. The first-order chi connectivity index (χ1) is 14.7. The van der Waals surface area contributed by atoms with Gasteiger partial charge >= 0.3 is 5.97 Å². The number of carbonyl (C=O) groups is 1. The highest BCUT2D eigenvalue weighted by Gasteiger charge is 2.19. The van der Waals surface area contributed by atoms with E-state index in [4.69, 9.17) is 9.47 Å². The lowest BCUT2D eigenvalue weighted by Gasteiger charge is -2.12. The van der Waals surface area contributed by atoms with Crippen LogP contribution in [0.4, 0.5) is 0 Å². The van der Waals surface area contributed by atoms with Crippen molar-refractivity contribution in [1.82, 2.24) is 9.97 Å². The summed E-state index contributed by atoms with van der Waals surface area (Å²) < 4.78 is 11.2. The molecule has 0 radical (unpaired) electrons. The minimum atomic E-state index is -0.776. The van der Waals surface area contributed by atoms with E-state index in [1.807, 2.05) is 24.3 Å². The van der Waals surface area contributed by atoms with Crippen LogP contribution in [0.25, 0.3) is 11.4 Å². The summed E-state index contributed by atoms with van der Waals surface area (Å²) in [5.74, 6) is 0.000600. The number of unbranched alkanes of at least 4 members (excludes halogenated alkanes) is 3. The molecular weight excluding hydrogens is 380 g/mol. The maximum atomic E-state index is 11.5. The standard InChI is InChI=1S/C24H34N2O4/c1-3-5-9-22(24(27)28)19-10-12-20(13-11-19)23-25-17-21(18-26-23)30-16-8-7-15-29-14-6-4-2/h10-13,17-18,22H,3-9,14-16H2,1-2H3,(H,27,28). The fourth-order valence-electron chi connectivity index (χ4n) is 3.09. The number of nitrogens with zero attached hydrogens (tertiary/aromatic N) is 2. The van der Waals surface area contributed by atoms with E-state index >= 15 is 0 Å². The molecule has 0 aliphatic heterocycles. The van der Waals surface area contributed by atoms with E-state index in [-0.39, 0.29) is 0 Å². The van der Waals surface area contributed by atoms with Crippen LogP contribution in [-0.2, 0) is 9.53 Å². The van der Waals surface area contributed by atoms with Gasteiger partial charge in [-0.25, -0.2) is 9.97 Å². The Labute approximate surface area is 179 Å². The number of benzene rings is 1. The average molecular weight is 415 g/mol. The highest BCUT2D eigenvalue weighted by atomic mass is 16.5. The van der Waals surface area contributed by atoms with Crippen LogP contribution in [0, 0.1) is 0 Å². The second-order valence-corrected chi connectivity index (χ2v) is 7.42. The Morgan fingerprint density at radius 2 is 1.57 bits per heavy atom. The molecule has 1 atom stereocenters. The largest absolute Gasteiger partial charge is 0.490 e. The average Bonchev–Trinajstić information content (AvgIpc) is 2.76. The van der Waals surface area contributed by atoms with E-state index in [2.05, 4.69) is 23.8 Å². The monoisotopic (exact) mass is 414 g/mol. The van der Waals surface area contributed by atoms with Crippen LogP contribution in [-0.4, -0.2) is 40.9 Å². The number of hydrogen-bond donors (Lipinski definition) is 1.